The second kappa shape index (κ2) is 5.86. The lowest BCUT2D eigenvalue weighted by Crippen LogP contribution is -2.38. The minimum Gasteiger partial charge on any atom is -0.449 e. The Hall–Kier alpha value is -0.770. The van der Waals surface area contributed by atoms with Crippen LogP contribution in [0.2, 0.25) is 0 Å². The summed E-state index contributed by atoms with van der Waals surface area (Å²) in [5, 5.41) is 0. The SMILES string of the molecule is CC1CCN(C(=O)OCCCN)CC1. The summed E-state index contributed by atoms with van der Waals surface area (Å²) in [6.07, 6.45) is 2.75. The van der Waals surface area contributed by atoms with Gasteiger partial charge in [0.25, 0.3) is 0 Å². The van der Waals surface area contributed by atoms with Crippen LogP contribution >= 0.6 is 0 Å². The second-order valence-electron chi connectivity index (χ2n) is 3.93. The van der Waals surface area contributed by atoms with Crippen molar-refractivity contribution in [3.05, 3.63) is 0 Å². The molecule has 0 unspecified atom stereocenters. The van der Waals surface area contributed by atoms with Crippen LogP contribution in [0.25, 0.3) is 0 Å². The maximum absolute atomic E-state index is 11.4. The fraction of sp³-hybridized carbons (Fsp3) is 0.900. The van der Waals surface area contributed by atoms with Crippen molar-refractivity contribution in [3.63, 3.8) is 0 Å². The number of likely N-dealkylation sites (tertiary alicyclic amines) is 1. The van der Waals surface area contributed by atoms with Gasteiger partial charge < -0.3 is 15.4 Å². The second-order valence-corrected chi connectivity index (χ2v) is 3.93. The van der Waals surface area contributed by atoms with Gasteiger partial charge in [-0.25, -0.2) is 4.79 Å². The number of rotatable bonds is 3. The molecule has 0 saturated carbocycles. The molecular weight excluding hydrogens is 180 g/mol. The van der Waals surface area contributed by atoms with Gasteiger partial charge >= 0.3 is 6.09 Å². The number of hydrogen-bond donors (Lipinski definition) is 1. The predicted molar refractivity (Wildman–Crippen MR) is 55.0 cm³/mol. The maximum Gasteiger partial charge on any atom is 0.409 e. The van der Waals surface area contributed by atoms with Crippen LogP contribution in [0.5, 0.6) is 0 Å². The highest BCUT2D eigenvalue weighted by Gasteiger charge is 2.20. The van der Waals surface area contributed by atoms with E-state index in [1.807, 2.05) is 0 Å². The van der Waals surface area contributed by atoms with Crippen molar-refractivity contribution in [1.82, 2.24) is 4.90 Å². The van der Waals surface area contributed by atoms with Gasteiger partial charge in [0, 0.05) is 13.1 Å². The van der Waals surface area contributed by atoms with Crippen molar-refractivity contribution in [2.75, 3.05) is 26.2 Å². The lowest BCUT2D eigenvalue weighted by molar-refractivity contribution is 0.0888. The van der Waals surface area contributed by atoms with E-state index in [1.165, 1.54) is 0 Å². The minimum absolute atomic E-state index is 0.176. The van der Waals surface area contributed by atoms with Crippen LogP contribution in [0.3, 0.4) is 0 Å². The van der Waals surface area contributed by atoms with E-state index in [0.717, 1.165) is 38.3 Å². The number of amides is 1. The molecule has 14 heavy (non-hydrogen) atoms. The molecule has 1 heterocycles. The quantitative estimate of drug-likeness (QED) is 0.696. The van der Waals surface area contributed by atoms with Gasteiger partial charge in [-0.3, -0.25) is 0 Å². The third kappa shape index (κ3) is 3.54. The highest BCUT2D eigenvalue weighted by molar-refractivity contribution is 5.67. The van der Waals surface area contributed by atoms with Gasteiger partial charge in [-0.2, -0.15) is 0 Å². The van der Waals surface area contributed by atoms with E-state index in [2.05, 4.69) is 6.92 Å². The molecule has 0 radical (unpaired) electrons. The first kappa shape index (κ1) is 11.3. The van der Waals surface area contributed by atoms with Crippen LogP contribution in [-0.2, 0) is 4.74 Å². The summed E-state index contributed by atoms with van der Waals surface area (Å²) >= 11 is 0. The van der Waals surface area contributed by atoms with Crippen molar-refractivity contribution in [3.8, 4) is 0 Å². The van der Waals surface area contributed by atoms with Crippen LogP contribution in [0.4, 0.5) is 4.79 Å². The molecule has 1 saturated heterocycles. The molecule has 82 valence electrons. The Balaban J connectivity index is 2.17. The summed E-state index contributed by atoms with van der Waals surface area (Å²) in [6.45, 7) is 4.91. The summed E-state index contributed by atoms with van der Waals surface area (Å²) in [7, 11) is 0. The van der Waals surface area contributed by atoms with E-state index in [4.69, 9.17) is 10.5 Å². The number of piperidine rings is 1. The summed E-state index contributed by atoms with van der Waals surface area (Å²) < 4.78 is 5.06. The van der Waals surface area contributed by atoms with Crippen LogP contribution in [-0.4, -0.2) is 37.2 Å². The number of carbonyl (C=O) groups excluding carboxylic acids is 1. The molecule has 0 aromatic carbocycles. The predicted octanol–water partition coefficient (Wildman–Crippen LogP) is 1.20. The topological polar surface area (TPSA) is 55.6 Å². The molecule has 0 bridgehead atoms. The normalized spacial score (nSPS) is 18.3. The Kier molecular flexibility index (Phi) is 4.73. The van der Waals surface area contributed by atoms with Crippen molar-refractivity contribution in [2.24, 2.45) is 11.7 Å². The van der Waals surface area contributed by atoms with Gasteiger partial charge in [0.05, 0.1) is 6.61 Å². The summed E-state index contributed by atoms with van der Waals surface area (Å²) in [4.78, 5) is 13.2. The minimum atomic E-state index is -0.176. The highest BCUT2D eigenvalue weighted by atomic mass is 16.6. The maximum atomic E-state index is 11.4. The summed E-state index contributed by atoms with van der Waals surface area (Å²) in [6, 6.07) is 0. The molecular formula is C10H20N2O2. The number of hydrogen-bond acceptors (Lipinski definition) is 3. The third-order valence-corrected chi connectivity index (χ3v) is 2.62. The van der Waals surface area contributed by atoms with Gasteiger partial charge in [0.1, 0.15) is 0 Å². The van der Waals surface area contributed by atoms with Crippen LogP contribution in [0, 0.1) is 5.92 Å². The Labute approximate surface area is 85.4 Å². The fourth-order valence-electron chi connectivity index (χ4n) is 1.53. The molecule has 0 aromatic heterocycles. The molecule has 0 aliphatic carbocycles. The van der Waals surface area contributed by atoms with Crippen LogP contribution < -0.4 is 5.73 Å². The van der Waals surface area contributed by atoms with Crippen molar-refractivity contribution < 1.29 is 9.53 Å². The smallest absolute Gasteiger partial charge is 0.409 e. The molecule has 1 amide bonds. The molecule has 4 nitrogen and oxygen atoms in total. The Morgan fingerprint density at radius 1 is 1.50 bits per heavy atom. The molecule has 0 atom stereocenters. The molecule has 2 N–H and O–H groups in total. The van der Waals surface area contributed by atoms with E-state index >= 15 is 0 Å². The van der Waals surface area contributed by atoms with Gasteiger partial charge in [0.15, 0.2) is 0 Å². The van der Waals surface area contributed by atoms with E-state index in [0.29, 0.717) is 13.2 Å². The zero-order chi connectivity index (χ0) is 10.4. The third-order valence-electron chi connectivity index (χ3n) is 2.62. The van der Waals surface area contributed by atoms with Gasteiger partial charge in [-0.05, 0) is 31.7 Å². The van der Waals surface area contributed by atoms with Gasteiger partial charge in [0.2, 0.25) is 0 Å². The zero-order valence-electron chi connectivity index (χ0n) is 8.87. The average Bonchev–Trinajstić information content (AvgIpc) is 2.19. The number of nitrogens with zero attached hydrogens (tertiary/aromatic N) is 1. The van der Waals surface area contributed by atoms with Crippen molar-refractivity contribution >= 4 is 6.09 Å². The zero-order valence-corrected chi connectivity index (χ0v) is 8.87. The fourth-order valence-corrected chi connectivity index (χ4v) is 1.53. The van der Waals surface area contributed by atoms with E-state index in [9.17, 15) is 4.79 Å². The molecule has 0 spiro atoms. The molecule has 1 rings (SSSR count). The highest BCUT2D eigenvalue weighted by Crippen LogP contribution is 2.16. The van der Waals surface area contributed by atoms with Crippen LogP contribution in [0.1, 0.15) is 26.2 Å². The first-order chi connectivity index (χ1) is 6.74. The lowest BCUT2D eigenvalue weighted by Gasteiger charge is -2.29. The van der Waals surface area contributed by atoms with Crippen molar-refractivity contribution in [1.29, 1.82) is 0 Å². The molecule has 0 aromatic rings. The number of ether oxygens (including phenoxy) is 1. The van der Waals surface area contributed by atoms with Gasteiger partial charge in [-0.1, -0.05) is 6.92 Å². The standard InChI is InChI=1S/C10H20N2O2/c1-9-3-6-12(7-4-9)10(13)14-8-2-5-11/h9H,2-8,11H2,1H3. The monoisotopic (exact) mass is 200 g/mol. The first-order valence-corrected chi connectivity index (χ1v) is 5.36. The molecule has 1 fully saturated rings. The van der Waals surface area contributed by atoms with Crippen LogP contribution in [0.15, 0.2) is 0 Å². The number of nitrogens with two attached hydrogens (primary N) is 1. The van der Waals surface area contributed by atoms with Gasteiger partial charge in [-0.15, -0.1) is 0 Å². The summed E-state index contributed by atoms with van der Waals surface area (Å²) in [5.41, 5.74) is 5.31. The lowest BCUT2D eigenvalue weighted by atomic mass is 10.00. The van der Waals surface area contributed by atoms with Crippen molar-refractivity contribution in [2.45, 2.75) is 26.2 Å². The molecule has 1 aliphatic heterocycles. The largest absolute Gasteiger partial charge is 0.449 e. The number of carbonyl (C=O) groups is 1. The van der Waals surface area contributed by atoms with E-state index < -0.39 is 0 Å². The molecule has 4 heteroatoms. The van der Waals surface area contributed by atoms with E-state index in [1.54, 1.807) is 4.90 Å². The average molecular weight is 200 g/mol. The molecule has 1 aliphatic rings. The summed E-state index contributed by atoms with van der Waals surface area (Å²) in [5.74, 6) is 0.739. The van der Waals surface area contributed by atoms with E-state index in [-0.39, 0.29) is 6.09 Å². The Morgan fingerprint density at radius 3 is 2.71 bits per heavy atom. The Bertz CT molecular complexity index is 177. The Morgan fingerprint density at radius 2 is 2.14 bits per heavy atom. The first-order valence-electron chi connectivity index (χ1n) is 5.36.